The number of amides is 1. The summed E-state index contributed by atoms with van der Waals surface area (Å²) in [6.07, 6.45) is 2.57. The van der Waals surface area contributed by atoms with Crippen LogP contribution in [0.5, 0.6) is 5.75 Å². The molecular weight excluding hydrogens is 594 g/mol. The van der Waals surface area contributed by atoms with Gasteiger partial charge in [-0.15, -0.1) is 0 Å². The van der Waals surface area contributed by atoms with Crippen LogP contribution in [0.25, 0.3) is 0 Å². The molecule has 38 heavy (non-hydrogen) atoms. The van der Waals surface area contributed by atoms with Crippen LogP contribution >= 0.6 is 15.9 Å². The van der Waals surface area contributed by atoms with E-state index in [1.54, 1.807) is 42.5 Å². The van der Waals surface area contributed by atoms with Gasteiger partial charge in [0.25, 0.3) is 10.0 Å². The molecule has 0 aromatic heterocycles. The summed E-state index contributed by atoms with van der Waals surface area (Å²) < 4.78 is 61.9. The highest BCUT2D eigenvalue weighted by molar-refractivity contribution is 9.10. The molecule has 12 heteroatoms. The number of piperidine rings is 1. The van der Waals surface area contributed by atoms with Gasteiger partial charge in [0.1, 0.15) is 12.3 Å². The summed E-state index contributed by atoms with van der Waals surface area (Å²) in [5.74, 6) is -0.421. The van der Waals surface area contributed by atoms with Crippen LogP contribution in [0, 0.1) is 0 Å². The van der Waals surface area contributed by atoms with Crippen LogP contribution in [0.3, 0.4) is 0 Å². The van der Waals surface area contributed by atoms with E-state index in [0.29, 0.717) is 18.8 Å². The summed E-state index contributed by atoms with van der Waals surface area (Å²) in [5, 5.41) is 2.65. The number of nitrogens with zero attached hydrogens (tertiary/aromatic N) is 2. The Kier molecular flexibility index (Phi) is 8.76. The summed E-state index contributed by atoms with van der Waals surface area (Å²) in [5.41, 5.74) is 0.420. The molecule has 1 saturated heterocycles. The highest BCUT2D eigenvalue weighted by Crippen LogP contribution is 2.31. The van der Waals surface area contributed by atoms with Crippen LogP contribution in [-0.2, 0) is 24.8 Å². The lowest BCUT2D eigenvalue weighted by Crippen LogP contribution is -2.38. The molecule has 3 aromatic rings. The highest BCUT2D eigenvalue weighted by Gasteiger charge is 2.29. The maximum Gasteiger partial charge on any atom is 0.264 e. The minimum absolute atomic E-state index is 0.0252. The van der Waals surface area contributed by atoms with E-state index >= 15 is 0 Å². The maximum absolute atomic E-state index is 13.5. The second-order valence-electron chi connectivity index (χ2n) is 8.68. The third-order valence-electron chi connectivity index (χ3n) is 6.13. The predicted octanol–water partition coefficient (Wildman–Crippen LogP) is 4.47. The predicted molar refractivity (Wildman–Crippen MR) is 149 cm³/mol. The SMILES string of the molecule is COc1ccc(S(=O)(=O)N2CCCCC2)cc1NC(=O)CN(c1ccc(Br)cc1)S(=O)(=O)c1ccccc1. The van der Waals surface area contributed by atoms with Gasteiger partial charge in [0.2, 0.25) is 15.9 Å². The smallest absolute Gasteiger partial charge is 0.264 e. The Labute approximate surface area is 231 Å². The minimum atomic E-state index is -4.09. The molecular formula is C26H28BrN3O6S2. The van der Waals surface area contributed by atoms with E-state index in [4.69, 9.17) is 4.74 Å². The van der Waals surface area contributed by atoms with E-state index in [2.05, 4.69) is 21.2 Å². The molecule has 1 N–H and O–H groups in total. The van der Waals surface area contributed by atoms with Crippen molar-refractivity contribution in [1.29, 1.82) is 0 Å². The molecule has 3 aromatic carbocycles. The second-order valence-corrected chi connectivity index (χ2v) is 13.4. The normalized spacial score (nSPS) is 14.6. The lowest BCUT2D eigenvalue weighted by atomic mass is 10.2. The Bertz CT molecular complexity index is 1490. The number of anilines is 2. The number of hydrogen-bond acceptors (Lipinski definition) is 6. The molecule has 0 radical (unpaired) electrons. The molecule has 0 unspecified atom stereocenters. The van der Waals surface area contributed by atoms with E-state index in [9.17, 15) is 21.6 Å². The van der Waals surface area contributed by atoms with Crippen molar-refractivity contribution in [3.8, 4) is 5.75 Å². The Hall–Kier alpha value is -2.93. The average Bonchev–Trinajstić information content (AvgIpc) is 2.93. The van der Waals surface area contributed by atoms with Gasteiger partial charge < -0.3 is 10.1 Å². The van der Waals surface area contributed by atoms with Crippen LogP contribution in [0.15, 0.2) is 87.1 Å². The molecule has 1 heterocycles. The number of methoxy groups -OCH3 is 1. The lowest BCUT2D eigenvalue weighted by molar-refractivity contribution is -0.114. The van der Waals surface area contributed by atoms with Crippen molar-refractivity contribution in [2.75, 3.05) is 36.4 Å². The zero-order valence-electron chi connectivity index (χ0n) is 20.7. The Morgan fingerprint density at radius 2 is 1.58 bits per heavy atom. The zero-order valence-corrected chi connectivity index (χ0v) is 23.9. The molecule has 1 amide bonds. The number of sulfonamides is 2. The van der Waals surface area contributed by atoms with E-state index in [-0.39, 0.29) is 21.2 Å². The first-order valence-corrected chi connectivity index (χ1v) is 15.6. The summed E-state index contributed by atoms with van der Waals surface area (Å²) >= 11 is 3.34. The molecule has 1 fully saturated rings. The molecule has 0 spiro atoms. The van der Waals surface area contributed by atoms with E-state index in [0.717, 1.165) is 28.0 Å². The van der Waals surface area contributed by atoms with Crippen LogP contribution < -0.4 is 14.4 Å². The lowest BCUT2D eigenvalue weighted by Gasteiger charge is -2.26. The van der Waals surface area contributed by atoms with Crippen molar-refractivity contribution in [1.82, 2.24) is 4.31 Å². The fourth-order valence-electron chi connectivity index (χ4n) is 4.16. The Morgan fingerprint density at radius 1 is 0.921 bits per heavy atom. The fourth-order valence-corrected chi connectivity index (χ4v) is 7.41. The Morgan fingerprint density at radius 3 is 2.21 bits per heavy atom. The van der Waals surface area contributed by atoms with E-state index in [1.165, 1.54) is 41.7 Å². The van der Waals surface area contributed by atoms with Gasteiger partial charge in [-0.05, 0) is 67.4 Å². The largest absolute Gasteiger partial charge is 0.495 e. The summed E-state index contributed by atoms with van der Waals surface area (Å²) in [7, 11) is -6.45. The van der Waals surface area contributed by atoms with E-state index < -0.39 is 32.5 Å². The molecule has 0 saturated carbocycles. The molecule has 0 bridgehead atoms. The molecule has 9 nitrogen and oxygen atoms in total. The van der Waals surface area contributed by atoms with Crippen molar-refractivity contribution < 1.29 is 26.4 Å². The topological polar surface area (TPSA) is 113 Å². The van der Waals surface area contributed by atoms with Crippen molar-refractivity contribution in [3.63, 3.8) is 0 Å². The summed E-state index contributed by atoms with van der Waals surface area (Å²) in [6.45, 7) is 0.330. The van der Waals surface area contributed by atoms with Crippen LogP contribution in [0.2, 0.25) is 0 Å². The van der Waals surface area contributed by atoms with Crippen molar-refractivity contribution >= 4 is 53.3 Å². The van der Waals surface area contributed by atoms with Crippen LogP contribution in [0.4, 0.5) is 11.4 Å². The van der Waals surface area contributed by atoms with Gasteiger partial charge in [0.05, 0.1) is 28.3 Å². The first-order chi connectivity index (χ1) is 18.1. The van der Waals surface area contributed by atoms with Crippen molar-refractivity contribution in [2.45, 2.75) is 29.1 Å². The molecule has 0 atom stereocenters. The van der Waals surface area contributed by atoms with Crippen molar-refractivity contribution in [3.05, 3.63) is 77.3 Å². The third kappa shape index (κ3) is 6.20. The first-order valence-electron chi connectivity index (χ1n) is 11.9. The number of ether oxygens (including phenoxy) is 1. The van der Waals surface area contributed by atoms with Gasteiger partial charge in [-0.25, -0.2) is 16.8 Å². The highest BCUT2D eigenvalue weighted by atomic mass is 79.9. The van der Waals surface area contributed by atoms with Crippen LogP contribution in [0.1, 0.15) is 19.3 Å². The molecule has 1 aliphatic rings. The number of carbonyl (C=O) groups is 1. The zero-order chi connectivity index (χ0) is 27.3. The summed E-state index contributed by atoms with van der Waals surface area (Å²) in [6, 6.07) is 18.6. The van der Waals surface area contributed by atoms with Crippen molar-refractivity contribution in [2.24, 2.45) is 0 Å². The number of hydrogen-bond donors (Lipinski definition) is 1. The fraction of sp³-hybridized carbons (Fsp3) is 0.269. The quantitative estimate of drug-likeness (QED) is 0.377. The van der Waals surface area contributed by atoms with Gasteiger partial charge in [-0.1, -0.05) is 40.5 Å². The van der Waals surface area contributed by atoms with Gasteiger partial charge in [-0.3, -0.25) is 9.10 Å². The van der Waals surface area contributed by atoms with E-state index in [1.807, 2.05) is 0 Å². The third-order valence-corrected chi connectivity index (χ3v) is 10.3. The van der Waals surface area contributed by atoms with Gasteiger partial charge in [0.15, 0.2) is 0 Å². The average molecular weight is 623 g/mol. The van der Waals surface area contributed by atoms with Crippen LogP contribution in [-0.4, -0.2) is 53.8 Å². The molecule has 4 rings (SSSR count). The summed E-state index contributed by atoms with van der Waals surface area (Å²) in [4.78, 5) is 13.3. The number of halogens is 1. The maximum atomic E-state index is 13.5. The monoisotopic (exact) mass is 621 g/mol. The number of nitrogens with one attached hydrogen (secondary N) is 1. The minimum Gasteiger partial charge on any atom is -0.495 e. The van der Waals surface area contributed by atoms with Gasteiger partial charge >= 0.3 is 0 Å². The van der Waals surface area contributed by atoms with Gasteiger partial charge in [-0.2, -0.15) is 4.31 Å². The first kappa shape index (κ1) is 28.1. The van der Waals surface area contributed by atoms with Gasteiger partial charge in [0, 0.05) is 17.6 Å². The number of benzene rings is 3. The number of carbonyl (C=O) groups excluding carboxylic acids is 1. The second kappa shape index (κ2) is 11.9. The molecule has 0 aliphatic carbocycles. The molecule has 202 valence electrons. The standard InChI is InChI=1S/C26H28BrN3O6S2/c1-36-25-15-14-23(37(32,33)29-16-6-3-7-17-29)18-24(25)28-26(31)19-30(21-12-10-20(27)11-13-21)38(34,35)22-8-4-2-5-9-22/h2,4-5,8-15,18H,3,6-7,16-17,19H2,1H3,(H,28,31). The Balaban J connectivity index is 1.64. The number of rotatable bonds is 9. The molecule has 1 aliphatic heterocycles.